The number of esters is 1. The van der Waals surface area contributed by atoms with Crippen molar-refractivity contribution < 1.29 is 19.1 Å². The van der Waals surface area contributed by atoms with Gasteiger partial charge in [0.25, 0.3) is 5.91 Å². The standard InChI is InChI=1S/C20H21NO4/c1-21(12-18-11-16-5-3-4-6-17(16)13-25-18)19(22)14-7-9-15(10-8-14)20(23)24-2/h3-10,18H,11-13H2,1-2H3. The Kier molecular flexibility index (Phi) is 5.14. The number of ether oxygens (including phenoxy) is 2. The first-order valence-electron chi connectivity index (χ1n) is 8.20. The van der Waals surface area contributed by atoms with Gasteiger partial charge in [0.1, 0.15) is 0 Å². The highest BCUT2D eigenvalue weighted by atomic mass is 16.5. The van der Waals surface area contributed by atoms with Crippen molar-refractivity contribution in [2.45, 2.75) is 19.1 Å². The minimum Gasteiger partial charge on any atom is -0.465 e. The SMILES string of the molecule is COC(=O)c1ccc(C(=O)N(C)CC2Cc3ccccc3CO2)cc1. The second-order valence-electron chi connectivity index (χ2n) is 6.16. The van der Waals surface area contributed by atoms with Crippen molar-refractivity contribution in [1.29, 1.82) is 0 Å². The minimum atomic E-state index is -0.415. The normalized spacial score (nSPS) is 16.0. The molecule has 0 bridgehead atoms. The monoisotopic (exact) mass is 339 g/mol. The Morgan fingerprint density at radius 2 is 1.72 bits per heavy atom. The van der Waals surface area contributed by atoms with Crippen molar-refractivity contribution in [3.8, 4) is 0 Å². The number of carbonyl (C=O) groups excluding carboxylic acids is 2. The van der Waals surface area contributed by atoms with E-state index in [1.807, 2.05) is 12.1 Å². The third kappa shape index (κ3) is 3.88. The second kappa shape index (κ2) is 7.49. The molecule has 0 saturated heterocycles. The third-order valence-electron chi connectivity index (χ3n) is 4.42. The van der Waals surface area contributed by atoms with Crippen LogP contribution in [0, 0.1) is 0 Å². The summed E-state index contributed by atoms with van der Waals surface area (Å²) in [5, 5.41) is 0. The Morgan fingerprint density at radius 1 is 1.08 bits per heavy atom. The Bertz CT molecular complexity index is 770. The molecule has 0 aliphatic carbocycles. The Labute approximate surface area is 147 Å². The molecule has 0 radical (unpaired) electrons. The van der Waals surface area contributed by atoms with Gasteiger partial charge in [-0.25, -0.2) is 4.79 Å². The Hall–Kier alpha value is -2.66. The number of likely N-dealkylation sites (N-methyl/N-ethyl adjacent to an activating group) is 1. The van der Waals surface area contributed by atoms with Crippen molar-refractivity contribution >= 4 is 11.9 Å². The molecule has 2 aromatic rings. The van der Waals surface area contributed by atoms with E-state index in [-0.39, 0.29) is 12.0 Å². The van der Waals surface area contributed by atoms with Crippen LogP contribution >= 0.6 is 0 Å². The first-order valence-corrected chi connectivity index (χ1v) is 8.20. The molecule has 1 unspecified atom stereocenters. The molecule has 1 aliphatic rings. The molecule has 0 fully saturated rings. The van der Waals surface area contributed by atoms with E-state index in [1.54, 1.807) is 36.2 Å². The van der Waals surface area contributed by atoms with E-state index in [4.69, 9.17) is 4.74 Å². The lowest BCUT2D eigenvalue weighted by molar-refractivity contribution is 0.00985. The molecule has 1 atom stereocenters. The quantitative estimate of drug-likeness (QED) is 0.804. The molecule has 1 heterocycles. The molecule has 3 rings (SSSR count). The average molecular weight is 339 g/mol. The summed E-state index contributed by atoms with van der Waals surface area (Å²) in [6.07, 6.45) is 0.785. The van der Waals surface area contributed by atoms with Crippen molar-refractivity contribution in [2.24, 2.45) is 0 Å². The smallest absolute Gasteiger partial charge is 0.337 e. The largest absolute Gasteiger partial charge is 0.465 e. The lowest BCUT2D eigenvalue weighted by Gasteiger charge is -2.29. The lowest BCUT2D eigenvalue weighted by atomic mass is 9.99. The number of hydrogen-bond acceptors (Lipinski definition) is 4. The van der Waals surface area contributed by atoms with E-state index in [1.165, 1.54) is 18.2 Å². The predicted molar refractivity (Wildman–Crippen MR) is 93.5 cm³/mol. The molecular weight excluding hydrogens is 318 g/mol. The van der Waals surface area contributed by atoms with Crippen molar-refractivity contribution in [3.05, 3.63) is 70.8 Å². The summed E-state index contributed by atoms with van der Waals surface area (Å²) in [4.78, 5) is 25.7. The maximum atomic E-state index is 12.6. The molecule has 0 N–H and O–H groups in total. The highest BCUT2D eigenvalue weighted by molar-refractivity contribution is 5.96. The van der Waals surface area contributed by atoms with Gasteiger partial charge >= 0.3 is 5.97 Å². The van der Waals surface area contributed by atoms with Gasteiger partial charge in [-0.05, 0) is 35.4 Å². The number of amides is 1. The Balaban J connectivity index is 1.62. The van der Waals surface area contributed by atoms with E-state index in [0.29, 0.717) is 24.3 Å². The van der Waals surface area contributed by atoms with Crippen molar-refractivity contribution in [3.63, 3.8) is 0 Å². The van der Waals surface area contributed by atoms with Crippen molar-refractivity contribution in [2.75, 3.05) is 20.7 Å². The number of methoxy groups -OCH3 is 1. The summed E-state index contributed by atoms with van der Waals surface area (Å²) >= 11 is 0. The average Bonchev–Trinajstić information content (AvgIpc) is 2.66. The van der Waals surface area contributed by atoms with E-state index < -0.39 is 5.97 Å². The molecule has 0 spiro atoms. The fourth-order valence-corrected chi connectivity index (χ4v) is 3.00. The van der Waals surface area contributed by atoms with Crippen LogP contribution in [-0.2, 0) is 22.5 Å². The van der Waals surface area contributed by atoms with Gasteiger partial charge < -0.3 is 14.4 Å². The van der Waals surface area contributed by atoms with Crippen LogP contribution in [0.15, 0.2) is 48.5 Å². The maximum Gasteiger partial charge on any atom is 0.337 e. The molecule has 25 heavy (non-hydrogen) atoms. The summed E-state index contributed by atoms with van der Waals surface area (Å²) in [6, 6.07) is 14.7. The minimum absolute atomic E-state index is 0.0156. The summed E-state index contributed by atoms with van der Waals surface area (Å²) in [5.41, 5.74) is 3.45. The molecule has 0 aromatic heterocycles. The first-order chi connectivity index (χ1) is 12.1. The van der Waals surface area contributed by atoms with Gasteiger partial charge in [-0.2, -0.15) is 0 Å². The Morgan fingerprint density at radius 3 is 2.40 bits per heavy atom. The third-order valence-corrected chi connectivity index (χ3v) is 4.42. The molecular formula is C20H21NO4. The van der Waals surface area contributed by atoms with Crippen molar-refractivity contribution in [1.82, 2.24) is 4.90 Å². The van der Waals surface area contributed by atoms with Crippen LogP contribution in [0.4, 0.5) is 0 Å². The second-order valence-corrected chi connectivity index (χ2v) is 6.16. The van der Waals surface area contributed by atoms with Crippen LogP contribution in [0.5, 0.6) is 0 Å². The van der Waals surface area contributed by atoms with Gasteiger partial charge in [-0.3, -0.25) is 4.79 Å². The van der Waals surface area contributed by atoms with Gasteiger partial charge in [0, 0.05) is 25.6 Å². The molecule has 5 nitrogen and oxygen atoms in total. The molecule has 5 heteroatoms. The fourth-order valence-electron chi connectivity index (χ4n) is 3.00. The maximum absolute atomic E-state index is 12.6. The van der Waals surface area contributed by atoms with E-state index in [2.05, 4.69) is 16.9 Å². The summed E-state index contributed by atoms with van der Waals surface area (Å²) < 4.78 is 10.5. The molecule has 130 valence electrons. The fraction of sp³-hybridized carbons (Fsp3) is 0.300. The highest BCUT2D eigenvalue weighted by Gasteiger charge is 2.22. The molecule has 0 saturated carbocycles. The summed E-state index contributed by atoms with van der Waals surface area (Å²) in [7, 11) is 3.10. The summed E-state index contributed by atoms with van der Waals surface area (Å²) in [5.74, 6) is -0.513. The van der Waals surface area contributed by atoms with Gasteiger partial charge in [0.05, 0.1) is 25.4 Å². The molecule has 1 aliphatic heterocycles. The van der Waals surface area contributed by atoms with Crippen LogP contribution < -0.4 is 0 Å². The zero-order valence-electron chi connectivity index (χ0n) is 14.4. The highest BCUT2D eigenvalue weighted by Crippen LogP contribution is 2.21. The predicted octanol–water partition coefficient (Wildman–Crippen LogP) is 2.69. The van der Waals surface area contributed by atoms with Crippen LogP contribution in [0.3, 0.4) is 0 Å². The van der Waals surface area contributed by atoms with Crippen LogP contribution in [0.2, 0.25) is 0 Å². The molecule has 1 amide bonds. The lowest BCUT2D eigenvalue weighted by Crippen LogP contribution is -2.38. The topological polar surface area (TPSA) is 55.8 Å². The number of nitrogens with zero attached hydrogens (tertiary/aromatic N) is 1. The van der Waals surface area contributed by atoms with E-state index in [0.717, 1.165) is 6.42 Å². The van der Waals surface area contributed by atoms with Crippen LogP contribution in [0.1, 0.15) is 31.8 Å². The number of rotatable bonds is 4. The zero-order valence-corrected chi connectivity index (χ0v) is 14.4. The number of fused-ring (bicyclic) bond motifs is 1. The van der Waals surface area contributed by atoms with E-state index in [9.17, 15) is 9.59 Å². The van der Waals surface area contributed by atoms with Gasteiger partial charge in [-0.15, -0.1) is 0 Å². The van der Waals surface area contributed by atoms with Gasteiger partial charge in [0.15, 0.2) is 0 Å². The number of carbonyl (C=O) groups is 2. The van der Waals surface area contributed by atoms with Crippen LogP contribution in [0.25, 0.3) is 0 Å². The molecule has 2 aromatic carbocycles. The zero-order chi connectivity index (χ0) is 17.8. The van der Waals surface area contributed by atoms with Gasteiger partial charge in [-0.1, -0.05) is 24.3 Å². The summed E-state index contributed by atoms with van der Waals surface area (Å²) in [6.45, 7) is 1.10. The first kappa shape index (κ1) is 17.2. The number of benzene rings is 2. The van der Waals surface area contributed by atoms with E-state index >= 15 is 0 Å². The van der Waals surface area contributed by atoms with Crippen LogP contribution in [-0.4, -0.2) is 43.6 Å². The number of hydrogen-bond donors (Lipinski definition) is 0. The van der Waals surface area contributed by atoms with Gasteiger partial charge in [0.2, 0.25) is 0 Å².